The third-order valence-corrected chi connectivity index (χ3v) is 3.80. The van der Waals surface area contributed by atoms with Crippen molar-refractivity contribution in [2.75, 3.05) is 38.6 Å². The van der Waals surface area contributed by atoms with Crippen molar-refractivity contribution >= 4 is 21.6 Å². The van der Waals surface area contributed by atoms with E-state index in [1.165, 1.54) is 5.69 Å². The highest BCUT2D eigenvalue weighted by Crippen LogP contribution is 2.28. The van der Waals surface area contributed by atoms with Gasteiger partial charge in [-0.3, -0.25) is 0 Å². The van der Waals surface area contributed by atoms with E-state index in [-0.39, 0.29) is 0 Å². The van der Waals surface area contributed by atoms with Gasteiger partial charge in [0.15, 0.2) is 0 Å². The second kappa shape index (κ2) is 7.88. The van der Waals surface area contributed by atoms with Crippen LogP contribution in [0, 0.1) is 0 Å². The smallest absolute Gasteiger partial charge is 0.0772 e. The highest BCUT2D eigenvalue weighted by atomic mass is 79.9. The topological polar surface area (TPSA) is 26.7 Å². The van der Waals surface area contributed by atoms with Crippen molar-refractivity contribution in [3.05, 3.63) is 28.2 Å². The summed E-state index contributed by atoms with van der Waals surface area (Å²) in [5.74, 6) is 0. The first-order chi connectivity index (χ1) is 8.95. The Morgan fingerprint density at radius 2 is 1.89 bits per heavy atom. The van der Waals surface area contributed by atoms with Crippen molar-refractivity contribution in [2.45, 2.75) is 26.4 Å². The molecule has 0 amide bonds. The Hall–Kier alpha value is -0.580. The maximum Gasteiger partial charge on any atom is 0.0772 e. The van der Waals surface area contributed by atoms with E-state index in [1.807, 2.05) is 6.07 Å². The third-order valence-electron chi connectivity index (χ3n) is 3.11. The van der Waals surface area contributed by atoms with Crippen LogP contribution in [0.4, 0.5) is 5.69 Å². The minimum Gasteiger partial charge on any atom is -0.389 e. The molecule has 1 rings (SSSR count). The standard InChI is InChI=1S/C15H25BrN2O/c1-5-8-18(10-9-17(3)4)13-6-7-14(12(2)19)15(16)11-13/h6-7,11-12,19H,5,8-10H2,1-4H3/t12-/m0/s1. The molecule has 1 atom stereocenters. The highest BCUT2D eigenvalue weighted by molar-refractivity contribution is 9.10. The molecule has 0 fully saturated rings. The molecule has 0 saturated heterocycles. The van der Waals surface area contributed by atoms with Crippen LogP contribution in [-0.2, 0) is 0 Å². The molecule has 0 aliphatic heterocycles. The van der Waals surface area contributed by atoms with Crippen LogP contribution in [0.15, 0.2) is 22.7 Å². The van der Waals surface area contributed by atoms with Crippen LogP contribution in [-0.4, -0.2) is 43.7 Å². The summed E-state index contributed by atoms with van der Waals surface area (Å²) in [5.41, 5.74) is 2.15. The molecular weight excluding hydrogens is 304 g/mol. The predicted molar refractivity (Wildman–Crippen MR) is 85.8 cm³/mol. The molecule has 0 radical (unpaired) electrons. The van der Waals surface area contributed by atoms with E-state index in [1.54, 1.807) is 6.92 Å². The van der Waals surface area contributed by atoms with Crippen LogP contribution in [0.3, 0.4) is 0 Å². The Kier molecular flexibility index (Phi) is 6.83. The molecular formula is C15H25BrN2O. The van der Waals surface area contributed by atoms with Crippen LogP contribution >= 0.6 is 15.9 Å². The number of aliphatic hydroxyl groups excluding tert-OH is 1. The summed E-state index contributed by atoms with van der Waals surface area (Å²) in [5, 5.41) is 9.66. The summed E-state index contributed by atoms with van der Waals surface area (Å²) in [7, 11) is 4.19. The molecule has 0 aliphatic rings. The van der Waals surface area contributed by atoms with Gasteiger partial charge in [0.25, 0.3) is 0 Å². The molecule has 108 valence electrons. The maximum atomic E-state index is 9.66. The number of hydrogen-bond donors (Lipinski definition) is 1. The van der Waals surface area contributed by atoms with Gasteiger partial charge in [-0.2, -0.15) is 0 Å². The van der Waals surface area contributed by atoms with Gasteiger partial charge in [0.1, 0.15) is 0 Å². The summed E-state index contributed by atoms with van der Waals surface area (Å²) in [6.45, 7) is 7.09. The highest BCUT2D eigenvalue weighted by Gasteiger charge is 2.11. The minimum absolute atomic E-state index is 0.440. The van der Waals surface area contributed by atoms with E-state index in [0.29, 0.717) is 0 Å². The Bertz CT molecular complexity index is 394. The Morgan fingerprint density at radius 3 is 2.37 bits per heavy atom. The van der Waals surface area contributed by atoms with Gasteiger partial charge < -0.3 is 14.9 Å². The van der Waals surface area contributed by atoms with Crippen molar-refractivity contribution in [1.29, 1.82) is 0 Å². The van der Waals surface area contributed by atoms with Crippen molar-refractivity contribution in [1.82, 2.24) is 4.90 Å². The van der Waals surface area contributed by atoms with Crippen LogP contribution in [0.2, 0.25) is 0 Å². The number of nitrogens with zero attached hydrogens (tertiary/aromatic N) is 2. The van der Waals surface area contributed by atoms with Crippen LogP contribution in [0.5, 0.6) is 0 Å². The fourth-order valence-electron chi connectivity index (χ4n) is 2.01. The van der Waals surface area contributed by atoms with Crippen LogP contribution in [0.25, 0.3) is 0 Å². The van der Waals surface area contributed by atoms with Gasteiger partial charge in [-0.1, -0.05) is 28.9 Å². The summed E-state index contributed by atoms with van der Waals surface area (Å²) in [6, 6.07) is 6.20. The molecule has 19 heavy (non-hydrogen) atoms. The van der Waals surface area contributed by atoms with Crippen molar-refractivity contribution in [3.8, 4) is 0 Å². The Labute approximate surface area is 125 Å². The average Bonchev–Trinajstić information content (AvgIpc) is 2.33. The lowest BCUT2D eigenvalue weighted by Crippen LogP contribution is -2.32. The summed E-state index contributed by atoms with van der Waals surface area (Å²) in [4.78, 5) is 4.58. The Balaban J connectivity index is 2.87. The van der Waals surface area contributed by atoms with E-state index < -0.39 is 6.10 Å². The van der Waals surface area contributed by atoms with Gasteiger partial charge >= 0.3 is 0 Å². The van der Waals surface area contributed by atoms with Crippen molar-refractivity contribution < 1.29 is 5.11 Å². The number of rotatable bonds is 7. The summed E-state index contributed by atoms with van der Waals surface area (Å²) >= 11 is 3.55. The van der Waals surface area contributed by atoms with Crippen LogP contribution < -0.4 is 4.90 Å². The van der Waals surface area contributed by atoms with Crippen molar-refractivity contribution in [2.24, 2.45) is 0 Å². The van der Waals surface area contributed by atoms with Gasteiger partial charge in [-0.05, 0) is 45.1 Å². The zero-order valence-corrected chi connectivity index (χ0v) is 13.9. The molecule has 0 unspecified atom stereocenters. The molecule has 1 N–H and O–H groups in total. The minimum atomic E-state index is -0.440. The zero-order valence-electron chi connectivity index (χ0n) is 12.4. The monoisotopic (exact) mass is 328 g/mol. The number of hydrogen-bond acceptors (Lipinski definition) is 3. The fourth-order valence-corrected chi connectivity index (χ4v) is 2.71. The summed E-state index contributed by atoms with van der Waals surface area (Å²) in [6.07, 6.45) is 0.688. The predicted octanol–water partition coefficient (Wildman–Crippen LogP) is 3.28. The zero-order chi connectivity index (χ0) is 14.4. The van der Waals surface area contributed by atoms with Crippen molar-refractivity contribution in [3.63, 3.8) is 0 Å². The third kappa shape index (κ3) is 5.13. The first-order valence-corrected chi connectivity index (χ1v) is 7.62. The molecule has 3 nitrogen and oxygen atoms in total. The average molecular weight is 329 g/mol. The number of aliphatic hydroxyl groups is 1. The number of anilines is 1. The lowest BCUT2D eigenvalue weighted by atomic mass is 10.1. The maximum absolute atomic E-state index is 9.66. The molecule has 0 spiro atoms. The van der Waals surface area contributed by atoms with Gasteiger partial charge in [-0.25, -0.2) is 0 Å². The Morgan fingerprint density at radius 1 is 1.21 bits per heavy atom. The lowest BCUT2D eigenvalue weighted by Gasteiger charge is -2.26. The van der Waals surface area contributed by atoms with Gasteiger partial charge in [0.05, 0.1) is 6.10 Å². The fraction of sp³-hybridized carbons (Fsp3) is 0.600. The summed E-state index contributed by atoms with van der Waals surface area (Å²) < 4.78 is 0.978. The van der Waals surface area contributed by atoms with E-state index in [0.717, 1.165) is 36.1 Å². The first-order valence-electron chi connectivity index (χ1n) is 6.83. The number of likely N-dealkylation sites (N-methyl/N-ethyl adjacent to an activating group) is 1. The largest absolute Gasteiger partial charge is 0.389 e. The lowest BCUT2D eigenvalue weighted by molar-refractivity contribution is 0.198. The molecule has 4 heteroatoms. The SMILES string of the molecule is CCCN(CCN(C)C)c1ccc([C@H](C)O)c(Br)c1. The number of benzene rings is 1. The number of halogens is 1. The molecule has 0 heterocycles. The van der Waals surface area contributed by atoms with Crippen LogP contribution in [0.1, 0.15) is 31.9 Å². The molecule has 0 aromatic heterocycles. The molecule has 1 aromatic rings. The quantitative estimate of drug-likeness (QED) is 0.832. The van der Waals surface area contributed by atoms with Gasteiger partial charge in [-0.15, -0.1) is 0 Å². The normalized spacial score (nSPS) is 12.8. The van der Waals surface area contributed by atoms with E-state index in [9.17, 15) is 5.11 Å². The van der Waals surface area contributed by atoms with E-state index >= 15 is 0 Å². The first kappa shape index (κ1) is 16.5. The van der Waals surface area contributed by atoms with Gasteiger partial charge in [0, 0.05) is 29.8 Å². The van der Waals surface area contributed by atoms with E-state index in [4.69, 9.17) is 0 Å². The molecule has 0 aliphatic carbocycles. The second-order valence-corrected chi connectivity index (χ2v) is 6.03. The van der Waals surface area contributed by atoms with Gasteiger partial charge in [0.2, 0.25) is 0 Å². The van der Waals surface area contributed by atoms with E-state index in [2.05, 4.69) is 58.9 Å². The molecule has 0 bridgehead atoms. The molecule has 1 aromatic carbocycles. The second-order valence-electron chi connectivity index (χ2n) is 5.17. The molecule has 0 saturated carbocycles.